The largest absolute Gasteiger partial charge is 0.354 e. The third kappa shape index (κ3) is 5.43. The molecule has 2 aliphatic rings. The number of nitrogens with one attached hydrogen (secondary N) is 1. The highest BCUT2D eigenvalue weighted by Gasteiger charge is 2.20. The second-order valence-electron chi connectivity index (χ2n) is 7.77. The molecule has 3 heterocycles. The molecule has 1 N–H and O–H groups in total. The van der Waals surface area contributed by atoms with Crippen LogP contribution in [0.15, 0.2) is 18.2 Å². The van der Waals surface area contributed by atoms with Gasteiger partial charge >= 0.3 is 0 Å². The van der Waals surface area contributed by atoms with Crippen LogP contribution in [0.1, 0.15) is 44.1 Å². The number of nitrogens with zero attached hydrogens (tertiary/aromatic N) is 5. The maximum atomic E-state index is 6.30. The molecule has 0 aliphatic carbocycles. The Labute approximate surface area is 182 Å². The van der Waals surface area contributed by atoms with Crippen LogP contribution in [0.4, 0.5) is 17.8 Å². The Balaban J connectivity index is 1.49. The number of hydrogen-bond acceptors (Lipinski definition) is 6. The van der Waals surface area contributed by atoms with Crippen molar-refractivity contribution in [3.8, 4) is 0 Å². The molecule has 8 heteroatoms. The van der Waals surface area contributed by atoms with Crippen molar-refractivity contribution in [2.45, 2.75) is 44.9 Å². The van der Waals surface area contributed by atoms with Gasteiger partial charge in [0.1, 0.15) is 0 Å². The SMILES string of the molecule is Clc1ccc(CCNc2nc(N3CCCCC3)nc(N3CCCCC3)n2)c(Cl)c1. The Kier molecular flexibility index (Phi) is 6.93. The van der Waals surface area contributed by atoms with E-state index in [-0.39, 0.29) is 0 Å². The highest BCUT2D eigenvalue weighted by Crippen LogP contribution is 2.24. The molecule has 6 nitrogen and oxygen atoms in total. The number of halogens is 2. The van der Waals surface area contributed by atoms with Crippen LogP contribution >= 0.6 is 23.2 Å². The summed E-state index contributed by atoms with van der Waals surface area (Å²) in [5.41, 5.74) is 1.06. The zero-order valence-corrected chi connectivity index (χ0v) is 18.2. The van der Waals surface area contributed by atoms with E-state index in [2.05, 4.69) is 15.1 Å². The molecule has 0 spiro atoms. The number of anilines is 3. The van der Waals surface area contributed by atoms with E-state index in [0.29, 0.717) is 22.5 Å². The number of benzene rings is 1. The van der Waals surface area contributed by atoms with E-state index in [0.717, 1.165) is 50.1 Å². The molecule has 156 valence electrons. The summed E-state index contributed by atoms with van der Waals surface area (Å²) in [6.45, 7) is 4.77. The summed E-state index contributed by atoms with van der Waals surface area (Å²) in [5.74, 6) is 2.24. The maximum absolute atomic E-state index is 6.30. The molecule has 1 aromatic carbocycles. The second-order valence-corrected chi connectivity index (χ2v) is 8.61. The van der Waals surface area contributed by atoms with Gasteiger partial charge in [0.2, 0.25) is 17.8 Å². The van der Waals surface area contributed by atoms with Crippen molar-refractivity contribution in [2.24, 2.45) is 0 Å². The lowest BCUT2D eigenvalue weighted by Crippen LogP contribution is -2.34. The highest BCUT2D eigenvalue weighted by molar-refractivity contribution is 6.35. The molecule has 29 heavy (non-hydrogen) atoms. The van der Waals surface area contributed by atoms with Gasteiger partial charge in [0, 0.05) is 42.8 Å². The molecule has 0 radical (unpaired) electrons. The Hall–Kier alpha value is -1.79. The molecular formula is C21H28Cl2N6. The van der Waals surface area contributed by atoms with Crippen molar-refractivity contribution in [3.63, 3.8) is 0 Å². The molecule has 0 amide bonds. The van der Waals surface area contributed by atoms with Crippen molar-refractivity contribution in [2.75, 3.05) is 47.8 Å². The first-order chi connectivity index (χ1) is 14.2. The lowest BCUT2D eigenvalue weighted by Gasteiger charge is -2.30. The van der Waals surface area contributed by atoms with Gasteiger partial charge in [-0.1, -0.05) is 29.3 Å². The minimum atomic E-state index is 0.645. The monoisotopic (exact) mass is 434 g/mol. The van der Waals surface area contributed by atoms with Crippen molar-refractivity contribution in [3.05, 3.63) is 33.8 Å². The van der Waals surface area contributed by atoms with Crippen molar-refractivity contribution in [1.29, 1.82) is 0 Å². The number of rotatable bonds is 6. The van der Waals surface area contributed by atoms with Crippen LogP contribution in [-0.4, -0.2) is 47.7 Å². The molecule has 0 atom stereocenters. The topological polar surface area (TPSA) is 57.2 Å². The van der Waals surface area contributed by atoms with Gasteiger partial charge in [0.25, 0.3) is 0 Å². The molecule has 2 aromatic rings. The summed E-state index contributed by atoms with van der Waals surface area (Å²) in [4.78, 5) is 18.9. The third-order valence-electron chi connectivity index (χ3n) is 5.58. The predicted octanol–water partition coefficient (Wildman–Crippen LogP) is 4.81. The number of aromatic nitrogens is 3. The zero-order chi connectivity index (χ0) is 20.1. The minimum absolute atomic E-state index is 0.645. The third-order valence-corrected chi connectivity index (χ3v) is 6.17. The lowest BCUT2D eigenvalue weighted by atomic mass is 10.1. The van der Waals surface area contributed by atoms with Gasteiger partial charge in [-0.2, -0.15) is 15.0 Å². The fourth-order valence-electron chi connectivity index (χ4n) is 3.94. The van der Waals surface area contributed by atoms with Crippen molar-refractivity contribution in [1.82, 2.24) is 15.0 Å². The van der Waals surface area contributed by atoms with E-state index >= 15 is 0 Å². The molecule has 0 unspecified atom stereocenters. The van der Waals surface area contributed by atoms with Crippen LogP contribution in [0.5, 0.6) is 0 Å². The fourth-order valence-corrected chi connectivity index (χ4v) is 4.44. The summed E-state index contributed by atoms with van der Waals surface area (Å²) in [5, 5.41) is 4.73. The number of hydrogen-bond donors (Lipinski definition) is 1. The molecular weight excluding hydrogens is 407 g/mol. The van der Waals surface area contributed by atoms with Gasteiger partial charge < -0.3 is 15.1 Å². The summed E-state index contributed by atoms with van der Waals surface area (Å²) in [6, 6.07) is 5.62. The first kappa shape index (κ1) is 20.5. The smallest absolute Gasteiger partial charge is 0.231 e. The van der Waals surface area contributed by atoms with Crippen molar-refractivity contribution >= 4 is 41.0 Å². The normalized spacial score (nSPS) is 17.4. The predicted molar refractivity (Wildman–Crippen MR) is 121 cm³/mol. The first-order valence-corrected chi connectivity index (χ1v) is 11.4. The molecule has 4 rings (SSSR count). The average Bonchev–Trinajstić information content (AvgIpc) is 2.76. The highest BCUT2D eigenvalue weighted by atomic mass is 35.5. The van der Waals surface area contributed by atoms with E-state index in [9.17, 15) is 0 Å². The van der Waals surface area contributed by atoms with Crippen LogP contribution < -0.4 is 15.1 Å². The summed E-state index contributed by atoms with van der Waals surface area (Å²) >= 11 is 12.3. The fraction of sp³-hybridized carbons (Fsp3) is 0.571. The van der Waals surface area contributed by atoms with E-state index in [1.807, 2.05) is 12.1 Å². The first-order valence-electron chi connectivity index (χ1n) is 10.6. The van der Waals surface area contributed by atoms with Crippen LogP contribution in [0.25, 0.3) is 0 Å². The summed E-state index contributed by atoms with van der Waals surface area (Å²) < 4.78 is 0. The Morgan fingerprint density at radius 1 is 0.793 bits per heavy atom. The van der Waals surface area contributed by atoms with E-state index in [4.69, 9.17) is 38.2 Å². The zero-order valence-electron chi connectivity index (χ0n) is 16.7. The van der Waals surface area contributed by atoms with Crippen LogP contribution in [-0.2, 0) is 6.42 Å². The Morgan fingerprint density at radius 3 is 1.93 bits per heavy atom. The van der Waals surface area contributed by atoms with E-state index < -0.39 is 0 Å². The quantitative estimate of drug-likeness (QED) is 0.703. The summed E-state index contributed by atoms with van der Waals surface area (Å²) in [7, 11) is 0. The molecule has 2 aliphatic heterocycles. The molecule has 2 saturated heterocycles. The standard InChI is InChI=1S/C21H28Cl2N6/c22-17-8-7-16(18(23)15-17)9-10-24-19-25-20(28-11-3-1-4-12-28)27-21(26-19)29-13-5-2-6-14-29/h7-8,15H,1-6,9-14H2,(H,24,25,26,27). The lowest BCUT2D eigenvalue weighted by molar-refractivity contribution is 0.556. The molecule has 0 saturated carbocycles. The van der Waals surface area contributed by atoms with Crippen LogP contribution in [0, 0.1) is 0 Å². The average molecular weight is 435 g/mol. The van der Waals surface area contributed by atoms with Gasteiger partial charge in [-0.15, -0.1) is 0 Å². The Bertz CT molecular complexity index is 783. The van der Waals surface area contributed by atoms with Gasteiger partial charge in [-0.3, -0.25) is 0 Å². The van der Waals surface area contributed by atoms with Gasteiger partial charge in [-0.05, 0) is 62.6 Å². The van der Waals surface area contributed by atoms with Crippen molar-refractivity contribution < 1.29 is 0 Å². The Morgan fingerprint density at radius 2 is 1.38 bits per heavy atom. The van der Waals surface area contributed by atoms with Gasteiger partial charge in [-0.25, -0.2) is 0 Å². The van der Waals surface area contributed by atoms with Gasteiger partial charge in [0.15, 0.2) is 0 Å². The van der Waals surface area contributed by atoms with Crippen LogP contribution in [0.2, 0.25) is 10.0 Å². The van der Waals surface area contributed by atoms with Gasteiger partial charge in [0.05, 0.1) is 0 Å². The van der Waals surface area contributed by atoms with E-state index in [1.54, 1.807) is 6.07 Å². The molecule has 0 bridgehead atoms. The van der Waals surface area contributed by atoms with E-state index in [1.165, 1.54) is 38.5 Å². The van der Waals surface area contributed by atoms with Crippen LogP contribution in [0.3, 0.4) is 0 Å². The second kappa shape index (κ2) is 9.81. The molecule has 1 aromatic heterocycles. The minimum Gasteiger partial charge on any atom is -0.354 e. The molecule has 2 fully saturated rings. The number of piperidine rings is 2. The summed E-state index contributed by atoms with van der Waals surface area (Å²) in [6.07, 6.45) is 8.14. The maximum Gasteiger partial charge on any atom is 0.231 e.